The third-order valence-corrected chi connectivity index (χ3v) is 4.92. The van der Waals surface area contributed by atoms with Gasteiger partial charge in [-0.25, -0.2) is 4.98 Å². The van der Waals surface area contributed by atoms with Crippen molar-refractivity contribution < 1.29 is 9.66 Å². The van der Waals surface area contributed by atoms with Crippen LogP contribution >= 0.6 is 23.1 Å². The number of ether oxygens (including phenoxy) is 1. The number of aromatic nitrogens is 1. The third-order valence-electron chi connectivity index (χ3n) is 3.04. The fourth-order valence-electron chi connectivity index (χ4n) is 2.00. The van der Waals surface area contributed by atoms with Crippen LogP contribution in [0.25, 0.3) is 0 Å². The molecule has 0 amide bonds. The number of nitrogens with zero attached hydrogens (tertiary/aromatic N) is 3. The Morgan fingerprint density at radius 3 is 2.88 bits per heavy atom. The Morgan fingerprint density at radius 1 is 1.42 bits per heavy atom. The molecule has 140 valence electrons. The van der Waals surface area contributed by atoms with Crippen molar-refractivity contribution in [3.63, 3.8) is 0 Å². The van der Waals surface area contributed by atoms with Crippen molar-refractivity contribution in [3.8, 4) is 5.75 Å². The van der Waals surface area contributed by atoms with Gasteiger partial charge in [-0.3, -0.25) is 10.1 Å². The molecule has 0 aliphatic carbocycles. The van der Waals surface area contributed by atoms with E-state index >= 15 is 0 Å². The Morgan fingerprint density at radius 2 is 2.19 bits per heavy atom. The molecule has 1 aromatic carbocycles. The molecule has 0 aliphatic heterocycles. The number of thioether (sulfide) groups is 1. The summed E-state index contributed by atoms with van der Waals surface area (Å²) in [5.74, 6) is 2.29. The second-order valence-corrected chi connectivity index (χ2v) is 7.69. The molecular weight excluding hydrogens is 372 g/mol. The van der Waals surface area contributed by atoms with Crippen LogP contribution in [0.1, 0.15) is 10.7 Å². The van der Waals surface area contributed by atoms with Crippen LogP contribution in [0.5, 0.6) is 5.75 Å². The van der Waals surface area contributed by atoms with E-state index in [1.807, 2.05) is 32.3 Å². The Hall–Kier alpha value is -2.10. The van der Waals surface area contributed by atoms with Crippen LogP contribution in [0.3, 0.4) is 0 Å². The molecule has 0 fully saturated rings. The van der Waals surface area contributed by atoms with E-state index in [0.717, 1.165) is 35.0 Å². The number of nitro groups is 1. The molecule has 0 unspecified atom stereocenters. The summed E-state index contributed by atoms with van der Waals surface area (Å²) in [6.07, 6.45) is 0.839. The smallest absolute Gasteiger partial charge is 0.294 e. The first-order valence-electron chi connectivity index (χ1n) is 8.01. The van der Waals surface area contributed by atoms with Gasteiger partial charge in [0.2, 0.25) is 0 Å². The molecule has 7 nitrogen and oxygen atoms in total. The van der Waals surface area contributed by atoms with E-state index in [1.54, 1.807) is 35.2 Å². The van der Waals surface area contributed by atoms with Crippen LogP contribution in [0.2, 0.25) is 0 Å². The van der Waals surface area contributed by atoms with Crippen LogP contribution in [-0.2, 0) is 12.3 Å². The van der Waals surface area contributed by atoms with Crippen molar-refractivity contribution in [2.45, 2.75) is 12.3 Å². The average molecular weight is 395 g/mol. The van der Waals surface area contributed by atoms with Crippen molar-refractivity contribution in [1.29, 1.82) is 0 Å². The van der Waals surface area contributed by atoms with Gasteiger partial charge in [-0.05, 0) is 26.2 Å². The summed E-state index contributed by atoms with van der Waals surface area (Å²) in [6.45, 7) is 1.41. The summed E-state index contributed by atoms with van der Waals surface area (Å²) in [6, 6.07) is 8.98. The minimum absolute atomic E-state index is 0.128. The molecule has 0 saturated carbocycles. The minimum Gasteiger partial charge on any atom is -0.436 e. The van der Waals surface area contributed by atoms with E-state index in [0.29, 0.717) is 12.3 Å². The van der Waals surface area contributed by atoms with Gasteiger partial charge in [0.1, 0.15) is 10.8 Å². The quantitative estimate of drug-likeness (QED) is 0.271. The zero-order valence-corrected chi connectivity index (χ0v) is 16.4. The summed E-state index contributed by atoms with van der Waals surface area (Å²) in [5, 5.41) is 16.9. The molecule has 0 bridgehead atoms. The monoisotopic (exact) mass is 394 g/mol. The van der Waals surface area contributed by atoms with E-state index in [1.165, 1.54) is 0 Å². The highest BCUT2D eigenvalue weighted by atomic mass is 32.2. The van der Waals surface area contributed by atoms with Gasteiger partial charge < -0.3 is 15.0 Å². The molecule has 0 atom stereocenters. The van der Waals surface area contributed by atoms with Crippen molar-refractivity contribution in [2.24, 2.45) is 0 Å². The predicted molar refractivity (Wildman–Crippen MR) is 106 cm³/mol. The van der Waals surface area contributed by atoms with Gasteiger partial charge >= 0.3 is 0 Å². The molecule has 26 heavy (non-hydrogen) atoms. The maximum absolute atomic E-state index is 10.7. The average Bonchev–Trinajstić information content (AvgIpc) is 3.01. The third kappa shape index (κ3) is 7.85. The lowest BCUT2D eigenvalue weighted by Crippen LogP contribution is -2.21. The van der Waals surface area contributed by atoms with Gasteiger partial charge in [-0.15, -0.1) is 11.3 Å². The van der Waals surface area contributed by atoms with E-state index in [9.17, 15) is 10.1 Å². The lowest BCUT2D eigenvalue weighted by molar-refractivity contribution is -0.405. The number of hydrogen-bond donors (Lipinski definition) is 1. The van der Waals surface area contributed by atoms with E-state index < -0.39 is 4.92 Å². The zero-order valence-electron chi connectivity index (χ0n) is 14.8. The molecule has 0 aliphatic rings. The SMILES string of the molecule is CN(C)Cc1nc(CSCCN/C(=C\[N+](=O)[O-])Oc2ccccc2)cs1. The highest BCUT2D eigenvalue weighted by Gasteiger charge is 2.07. The lowest BCUT2D eigenvalue weighted by atomic mass is 10.3. The first-order valence-corrected chi connectivity index (χ1v) is 10.0. The van der Waals surface area contributed by atoms with Gasteiger partial charge in [0.25, 0.3) is 12.1 Å². The molecule has 9 heteroatoms. The Kier molecular flexibility index (Phi) is 8.39. The van der Waals surface area contributed by atoms with Crippen LogP contribution in [0.4, 0.5) is 0 Å². The second kappa shape index (κ2) is 10.8. The van der Waals surface area contributed by atoms with E-state index in [-0.39, 0.29) is 5.88 Å². The summed E-state index contributed by atoms with van der Waals surface area (Å²) in [7, 11) is 4.05. The largest absolute Gasteiger partial charge is 0.436 e. The number of hydrogen-bond acceptors (Lipinski definition) is 8. The summed E-state index contributed by atoms with van der Waals surface area (Å²) in [5.41, 5.74) is 1.07. The van der Waals surface area contributed by atoms with Gasteiger partial charge in [-0.2, -0.15) is 11.8 Å². The Labute approximate surface area is 161 Å². The van der Waals surface area contributed by atoms with Crippen LogP contribution in [-0.4, -0.2) is 41.2 Å². The van der Waals surface area contributed by atoms with Crippen LogP contribution in [0.15, 0.2) is 47.8 Å². The molecule has 1 aromatic heterocycles. The van der Waals surface area contributed by atoms with Gasteiger partial charge in [-0.1, -0.05) is 18.2 Å². The number of para-hydroxylation sites is 1. The normalized spacial score (nSPS) is 11.6. The first-order chi connectivity index (χ1) is 12.5. The molecular formula is C17H22N4O3S2. The molecule has 2 aromatic rings. The second-order valence-electron chi connectivity index (χ2n) is 5.64. The molecule has 1 N–H and O–H groups in total. The van der Waals surface area contributed by atoms with E-state index in [2.05, 4.69) is 20.6 Å². The summed E-state index contributed by atoms with van der Waals surface area (Å²) >= 11 is 3.39. The molecule has 0 radical (unpaired) electrons. The molecule has 0 spiro atoms. The molecule has 1 heterocycles. The maximum atomic E-state index is 10.7. The summed E-state index contributed by atoms with van der Waals surface area (Å²) < 4.78 is 5.51. The van der Waals surface area contributed by atoms with Crippen molar-refractivity contribution >= 4 is 23.1 Å². The van der Waals surface area contributed by atoms with Gasteiger partial charge in [0.05, 0.1) is 10.6 Å². The lowest BCUT2D eigenvalue weighted by Gasteiger charge is -2.10. The van der Waals surface area contributed by atoms with Crippen molar-refractivity contribution in [2.75, 3.05) is 26.4 Å². The standard InChI is InChI=1S/C17H22N4O3S2/c1-20(2)11-17-19-14(13-26-17)12-25-9-8-18-16(10-21(22)23)24-15-6-4-3-5-7-15/h3-7,10,13,18H,8-9,11-12H2,1-2H3/b16-10+. The Balaban J connectivity index is 1.73. The predicted octanol–water partition coefficient (Wildman–Crippen LogP) is 3.18. The Bertz CT molecular complexity index is 720. The van der Waals surface area contributed by atoms with Gasteiger partial charge in [0, 0.05) is 30.0 Å². The number of nitrogens with one attached hydrogen (secondary N) is 1. The van der Waals surface area contributed by atoms with Crippen molar-refractivity contribution in [3.05, 3.63) is 68.6 Å². The number of thiazole rings is 1. The zero-order chi connectivity index (χ0) is 18.8. The van der Waals surface area contributed by atoms with Gasteiger partial charge in [0.15, 0.2) is 0 Å². The van der Waals surface area contributed by atoms with Crippen LogP contribution in [0, 0.1) is 10.1 Å². The topological polar surface area (TPSA) is 80.5 Å². The fraction of sp³-hybridized carbons (Fsp3) is 0.353. The minimum atomic E-state index is -0.528. The van der Waals surface area contributed by atoms with Crippen molar-refractivity contribution in [1.82, 2.24) is 15.2 Å². The fourth-order valence-corrected chi connectivity index (χ4v) is 3.76. The van der Waals surface area contributed by atoms with E-state index in [4.69, 9.17) is 4.74 Å². The van der Waals surface area contributed by atoms with Crippen LogP contribution < -0.4 is 10.1 Å². The first kappa shape index (κ1) is 20.2. The number of rotatable bonds is 11. The highest BCUT2D eigenvalue weighted by Crippen LogP contribution is 2.17. The number of benzene rings is 1. The maximum Gasteiger partial charge on any atom is 0.294 e. The molecule has 0 saturated heterocycles. The highest BCUT2D eigenvalue weighted by molar-refractivity contribution is 7.98. The summed E-state index contributed by atoms with van der Waals surface area (Å²) in [4.78, 5) is 16.9. The molecule has 2 rings (SSSR count).